The topological polar surface area (TPSA) is 31.2 Å². The summed E-state index contributed by atoms with van der Waals surface area (Å²) in [6, 6.07) is 9.81. The van der Waals surface area contributed by atoms with Crippen molar-refractivity contribution in [3.8, 4) is 0 Å². The second-order valence-electron chi connectivity index (χ2n) is 5.12. The Balaban J connectivity index is 0.00000256. The predicted octanol–water partition coefficient (Wildman–Crippen LogP) is 3.36. The van der Waals surface area contributed by atoms with Crippen molar-refractivity contribution in [3.63, 3.8) is 0 Å². The van der Waals surface area contributed by atoms with Gasteiger partial charge in [0.15, 0.2) is 0 Å². The van der Waals surface area contributed by atoms with Crippen LogP contribution >= 0.6 is 0 Å². The van der Waals surface area contributed by atoms with Crippen molar-refractivity contribution in [1.29, 1.82) is 0 Å². The van der Waals surface area contributed by atoms with E-state index in [0.29, 0.717) is 6.42 Å². The largest absolute Gasteiger partial charge is 0.648 e. The molecule has 3 heteroatoms. The molecule has 0 spiro atoms. The standard InChI is InChI=1S/C14H20NO.Y/c1-11(16)13(15-14(2,3)4)10-12-8-6-5-7-9-12;/h5-9,13H,10H2,1-4H3;/q-1;. The van der Waals surface area contributed by atoms with E-state index in [2.05, 4.69) is 5.32 Å². The fraction of sp³-hybridized carbons (Fsp3) is 0.500. The number of hydrogen-bond donors (Lipinski definition) is 0. The third-order valence-corrected chi connectivity index (χ3v) is 2.28. The van der Waals surface area contributed by atoms with Gasteiger partial charge in [-0.25, -0.2) is 0 Å². The Hall–Kier alpha value is -0.0461. The van der Waals surface area contributed by atoms with Crippen LogP contribution in [0.2, 0.25) is 0 Å². The normalized spacial score (nSPS) is 12.7. The minimum atomic E-state index is -0.220. The molecule has 91 valence electrons. The van der Waals surface area contributed by atoms with Gasteiger partial charge in [0.1, 0.15) is 5.78 Å². The van der Waals surface area contributed by atoms with Crippen LogP contribution in [0.25, 0.3) is 5.32 Å². The van der Waals surface area contributed by atoms with Crippen molar-refractivity contribution < 1.29 is 37.5 Å². The second kappa shape index (κ2) is 7.40. The van der Waals surface area contributed by atoms with Gasteiger partial charge in [-0.2, -0.15) is 0 Å². The summed E-state index contributed by atoms with van der Waals surface area (Å²) < 4.78 is 0. The molecule has 1 rings (SSSR count). The first-order chi connectivity index (χ1) is 7.38. The van der Waals surface area contributed by atoms with Crippen LogP contribution in [-0.4, -0.2) is 17.4 Å². The molecule has 17 heavy (non-hydrogen) atoms. The smallest absolute Gasteiger partial charge is 0.112 e. The Morgan fingerprint density at radius 3 is 2.18 bits per heavy atom. The quantitative estimate of drug-likeness (QED) is 0.839. The molecule has 0 saturated heterocycles. The molecule has 0 aromatic heterocycles. The van der Waals surface area contributed by atoms with Crippen molar-refractivity contribution in [2.24, 2.45) is 0 Å². The molecule has 1 aromatic carbocycles. The molecule has 0 N–H and O–H groups in total. The van der Waals surface area contributed by atoms with Gasteiger partial charge in [0.2, 0.25) is 0 Å². The van der Waals surface area contributed by atoms with Gasteiger partial charge in [-0.05, 0) is 18.9 Å². The molecule has 2 nitrogen and oxygen atoms in total. The second-order valence-corrected chi connectivity index (χ2v) is 5.12. The average molecular weight is 307 g/mol. The van der Waals surface area contributed by atoms with Crippen LogP contribution in [-0.2, 0) is 43.9 Å². The number of benzene rings is 1. The number of nitrogens with zero attached hydrogens (tertiary/aromatic N) is 1. The molecule has 1 atom stereocenters. The number of ketones is 1. The van der Waals surface area contributed by atoms with Crippen LogP contribution in [0.1, 0.15) is 33.3 Å². The van der Waals surface area contributed by atoms with E-state index in [-0.39, 0.29) is 50.1 Å². The maximum absolute atomic E-state index is 11.5. The van der Waals surface area contributed by atoms with E-state index in [4.69, 9.17) is 0 Å². The molecule has 0 fully saturated rings. The molecular formula is C14H20NOY-. The maximum atomic E-state index is 11.5. The molecule has 0 amide bonds. The first-order valence-electron chi connectivity index (χ1n) is 5.65. The van der Waals surface area contributed by atoms with E-state index >= 15 is 0 Å². The van der Waals surface area contributed by atoms with Gasteiger partial charge >= 0.3 is 0 Å². The number of rotatable bonds is 4. The van der Waals surface area contributed by atoms with E-state index in [0.717, 1.165) is 5.56 Å². The SMILES string of the molecule is CC(=O)C(Cc1ccccc1)[N-]C(C)(C)C.[Y]. The van der Waals surface area contributed by atoms with Crippen LogP contribution in [0, 0.1) is 0 Å². The van der Waals surface area contributed by atoms with Crippen molar-refractivity contribution >= 4 is 5.78 Å². The minimum Gasteiger partial charge on any atom is -0.648 e. The predicted molar refractivity (Wildman–Crippen MR) is 67.7 cm³/mol. The minimum absolute atomic E-state index is 0. The van der Waals surface area contributed by atoms with Gasteiger partial charge < -0.3 is 10.1 Å². The van der Waals surface area contributed by atoms with Crippen LogP contribution in [0.5, 0.6) is 0 Å². The molecular weight excluding hydrogens is 287 g/mol. The van der Waals surface area contributed by atoms with Gasteiger partial charge in [0, 0.05) is 32.7 Å². The zero-order valence-electron chi connectivity index (χ0n) is 11.1. The number of Topliss-reactive ketones (excluding diaryl/α,β-unsaturated/α-hetero) is 1. The van der Waals surface area contributed by atoms with E-state index in [1.54, 1.807) is 6.92 Å². The van der Waals surface area contributed by atoms with Crippen LogP contribution in [0.4, 0.5) is 0 Å². The third kappa shape index (κ3) is 7.08. The third-order valence-electron chi connectivity index (χ3n) is 2.28. The molecule has 1 unspecified atom stereocenters. The molecule has 1 aromatic rings. The summed E-state index contributed by atoms with van der Waals surface area (Å²) in [6.45, 7) is 7.68. The van der Waals surface area contributed by atoms with Gasteiger partial charge in [-0.15, -0.1) is 5.54 Å². The summed E-state index contributed by atoms with van der Waals surface area (Å²) in [7, 11) is 0. The molecule has 0 saturated carbocycles. The van der Waals surface area contributed by atoms with Crippen LogP contribution in [0.3, 0.4) is 0 Å². The summed E-state index contributed by atoms with van der Waals surface area (Å²) in [5, 5.41) is 4.55. The summed E-state index contributed by atoms with van der Waals surface area (Å²) in [5.41, 5.74) is 1.00. The average Bonchev–Trinajstić information content (AvgIpc) is 2.16. The van der Waals surface area contributed by atoms with Crippen molar-refractivity contribution in [2.75, 3.05) is 0 Å². The van der Waals surface area contributed by atoms with E-state index in [9.17, 15) is 4.79 Å². The maximum Gasteiger partial charge on any atom is 0.112 e. The zero-order valence-corrected chi connectivity index (χ0v) is 13.9. The number of hydrogen-bond acceptors (Lipinski definition) is 1. The molecule has 0 aliphatic carbocycles. The van der Waals surface area contributed by atoms with E-state index in [1.807, 2.05) is 51.1 Å². The summed E-state index contributed by atoms with van der Waals surface area (Å²) in [6.07, 6.45) is 0.702. The van der Waals surface area contributed by atoms with Crippen LogP contribution in [0.15, 0.2) is 30.3 Å². The van der Waals surface area contributed by atoms with E-state index in [1.165, 1.54) is 0 Å². The van der Waals surface area contributed by atoms with Crippen molar-refractivity contribution in [3.05, 3.63) is 41.2 Å². The summed E-state index contributed by atoms with van der Waals surface area (Å²) in [5.74, 6) is 0.138. The summed E-state index contributed by atoms with van der Waals surface area (Å²) in [4.78, 5) is 11.5. The van der Waals surface area contributed by atoms with Crippen molar-refractivity contribution in [1.82, 2.24) is 0 Å². The van der Waals surface area contributed by atoms with Gasteiger partial charge in [0.25, 0.3) is 0 Å². The summed E-state index contributed by atoms with van der Waals surface area (Å²) >= 11 is 0. The number of carbonyl (C=O) groups is 1. The molecule has 0 aliphatic rings. The van der Waals surface area contributed by atoms with Gasteiger partial charge in [-0.1, -0.05) is 57.1 Å². The fourth-order valence-corrected chi connectivity index (χ4v) is 1.59. The zero-order chi connectivity index (χ0) is 12.2. The van der Waals surface area contributed by atoms with Gasteiger partial charge in [0.05, 0.1) is 0 Å². The molecule has 0 aliphatic heterocycles. The van der Waals surface area contributed by atoms with Gasteiger partial charge in [-0.3, -0.25) is 0 Å². The molecule has 0 heterocycles. The first-order valence-corrected chi connectivity index (χ1v) is 5.65. The first kappa shape index (κ1) is 17.0. The number of carbonyl (C=O) groups excluding carboxylic acids is 1. The Bertz CT molecular complexity index is 343. The molecule has 0 bridgehead atoms. The molecule has 1 radical (unpaired) electrons. The fourth-order valence-electron chi connectivity index (χ4n) is 1.59. The Kier molecular flexibility index (Phi) is 7.38. The van der Waals surface area contributed by atoms with E-state index < -0.39 is 0 Å². The monoisotopic (exact) mass is 307 g/mol. The van der Waals surface area contributed by atoms with Crippen molar-refractivity contribution in [2.45, 2.75) is 45.7 Å². The van der Waals surface area contributed by atoms with Crippen LogP contribution < -0.4 is 0 Å². The Labute approximate surface area is 129 Å². The Morgan fingerprint density at radius 1 is 1.24 bits per heavy atom. The Morgan fingerprint density at radius 2 is 1.76 bits per heavy atom.